The molecule has 0 fully saturated rings. The molecule has 6 heteroatoms. The summed E-state index contributed by atoms with van der Waals surface area (Å²) in [6, 6.07) is 20.4. The summed E-state index contributed by atoms with van der Waals surface area (Å²) in [6.45, 7) is 6.50. The third-order valence-electron chi connectivity index (χ3n) is 5.14. The van der Waals surface area contributed by atoms with Crippen molar-refractivity contribution in [1.82, 2.24) is 0 Å². The minimum absolute atomic E-state index is 0.0110. The largest absolute Gasteiger partial charge is 0.490 e. The number of aryl methyl sites for hydroxylation is 1. The molecule has 1 amide bonds. The average molecular weight is 461 g/mol. The van der Waals surface area contributed by atoms with Gasteiger partial charge in [0.1, 0.15) is 18.2 Å². The Kier molecular flexibility index (Phi) is 8.12. The number of carbonyl (C=O) groups excluding carboxylic acids is 1. The number of carbonyl (C=O) groups is 1. The third kappa shape index (κ3) is 6.15. The van der Waals surface area contributed by atoms with Gasteiger partial charge in [-0.25, -0.2) is 0 Å². The Morgan fingerprint density at radius 3 is 2.58 bits per heavy atom. The van der Waals surface area contributed by atoms with Gasteiger partial charge in [-0.2, -0.15) is 5.26 Å². The van der Waals surface area contributed by atoms with Crippen LogP contribution in [-0.2, 0) is 11.4 Å². The number of nitrogens with zero attached hydrogens (tertiary/aromatic N) is 1. The molecule has 0 unspecified atom stereocenters. The average Bonchev–Trinajstić information content (AvgIpc) is 2.81. The lowest BCUT2D eigenvalue weighted by molar-refractivity contribution is -0.112. The SMILES string of the molecule is CCOc1cc(/C=C(/C#N)C(=O)Nc2cccc(C)c2C)ccc1OCc1ccccc1Cl. The topological polar surface area (TPSA) is 71.3 Å². The van der Waals surface area contributed by atoms with Gasteiger partial charge in [-0.15, -0.1) is 0 Å². The van der Waals surface area contributed by atoms with E-state index in [0.29, 0.717) is 34.4 Å². The third-order valence-corrected chi connectivity index (χ3v) is 5.51. The number of anilines is 1. The molecule has 0 atom stereocenters. The van der Waals surface area contributed by atoms with Crippen LogP contribution in [0, 0.1) is 25.2 Å². The summed E-state index contributed by atoms with van der Waals surface area (Å²) in [6.07, 6.45) is 1.53. The highest BCUT2D eigenvalue weighted by molar-refractivity contribution is 6.31. The van der Waals surface area contributed by atoms with Gasteiger partial charge in [-0.05, 0) is 67.8 Å². The molecule has 3 aromatic rings. The minimum atomic E-state index is -0.469. The summed E-state index contributed by atoms with van der Waals surface area (Å²) >= 11 is 6.21. The molecule has 0 bridgehead atoms. The summed E-state index contributed by atoms with van der Waals surface area (Å²) in [5, 5.41) is 13.0. The van der Waals surface area contributed by atoms with E-state index in [1.54, 1.807) is 18.2 Å². The lowest BCUT2D eigenvalue weighted by Gasteiger charge is -2.13. The van der Waals surface area contributed by atoms with Crippen LogP contribution in [0.4, 0.5) is 5.69 Å². The summed E-state index contributed by atoms with van der Waals surface area (Å²) in [4.78, 5) is 12.7. The molecule has 0 aliphatic heterocycles. The molecule has 0 spiro atoms. The zero-order chi connectivity index (χ0) is 23.8. The Morgan fingerprint density at radius 2 is 1.85 bits per heavy atom. The fourth-order valence-corrected chi connectivity index (χ4v) is 3.35. The quantitative estimate of drug-likeness (QED) is 0.308. The van der Waals surface area contributed by atoms with E-state index in [9.17, 15) is 10.1 Å². The molecule has 168 valence electrons. The van der Waals surface area contributed by atoms with Crippen molar-refractivity contribution >= 4 is 29.3 Å². The molecule has 0 saturated carbocycles. The number of nitriles is 1. The van der Waals surface area contributed by atoms with Crippen LogP contribution >= 0.6 is 11.6 Å². The molecular formula is C27H25ClN2O3. The smallest absolute Gasteiger partial charge is 0.266 e. The Bertz CT molecular complexity index is 1230. The van der Waals surface area contributed by atoms with Crippen molar-refractivity contribution in [3.8, 4) is 17.6 Å². The van der Waals surface area contributed by atoms with E-state index in [2.05, 4.69) is 5.32 Å². The van der Waals surface area contributed by atoms with Gasteiger partial charge in [-0.1, -0.05) is 48.0 Å². The number of halogens is 1. The zero-order valence-corrected chi connectivity index (χ0v) is 19.6. The predicted octanol–water partition coefficient (Wildman–Crippen LogP) is 6.48. The number of hydrogen-bond donors (Lipinski definition) is 1. The van der Waals surface area contributed by atoms with Crippen LogP contribution in [0.5, 0.6) is 11.5 Å². The predicted molar refractivity (Wildman–Crippen MR) is 132 cm³/mol. The molecule has 5 nitrogen and oxygen atoms in total. The van der Waals surface area contributed by atoms with E-state index < -0.39 is 5.91 Å². The van der Waals surface area contributed by atoms with Crippen LogP contribution in [-0.4, -0.2) is 12.5 Å². The van der Waals surface area contributed by atoms with Gasteiger partial charge in [-0.3, -0.25) is 4.79 Å². The van der Waals surface area contributed by atoms with Crippen LogP contribution in [0.2, 0.25) is 5.02 Å². The normalized spacial score (nSPS) is 10.9. The van der Waals surface area contributed by atoms with E-state index in [0.717, 1.165) is 16.7 Å². The Labute approximate surface area is 199 Å². The summed E-state index contributed by atoms with van der Waals surface area (Å²) in [5.41, 5.74) is 4.20. The number of rotatable bonds is 8. The number of benzene rings is 3. The van der Waals surface area contributed by atoms with Gasteiger partial charge in [0.05, 0.1) is 6.61 Å². The molecule has 0 radical (unpaired) electrons. The van der Waals surface area contributed by atoms with Gasteiger partial charge in [0.15, 0.2) is 11.5 Å². The monoisotopic (exact) mass is 460 g/mol. The second kappa shape index (κ2) is 11.2. The highest BCUT2D eigenvalue weighted by Gasteiger charge is 2.13. The first kappa shape index (κ1) is 23.9. The van der Waals surface area contributed by atoms with Crippen molar-refractivity contribution in [2.75, 3.05) is 11.9 Å². The number of nitrogens with one attached hydrogen (secondary N) is 1. The van der Waals surface area contributed by atoms with Crippen LogP contribution in [0.3, 0.4) is 0 Å². The Balaban J connectivity index is 1.81. The van der Waals surface area contributed by atoms with Crippen LogP contribution in [0.25, 0.3) is 6.08 Å². The lowest BCUT2D eigenvalue weighted by Crippen LogP contribution is -2.14. The zero-order valence-electron chi connectivity index (χ0n) is 18.8. The van der Waals surface area contributed by atoms with Crippen molar-refractivity contribution in [3.63, 3.8) is 0 Å². The number of amides is 1. The van der Waals surface area contributed by atoms with E-state index in [4.69, 9.17) is 21.1 Å². The fraction of sp³-hybridized carbons (Fsp3) is 0.185. The molecule has 3 rings (SSSR count). The lowest BCUT2D eigenvalue weighted by atomic mass is 10.1. The van der Waals surface area contributed by atoms with Crippen molar-refractivity contribution in [3.05, 3.63) is 93.5 Å². The molecule has 1 N–H and O–H groups in total. The van der Waals surface area contributed by atoms with Crippen LogP contribution in [0.15, 0.2) is 66.2 Å². The van der Waals surface area contributed by atoms with E-state index in [1.807, 2.05) is 69.3 Å². The second-order valence-corrected chi connectivity index (χ2v) is 7.80. The summed E-state index contributed by atoms with van der Waals surface area (Å²) in [5.74, 6) is 0.598. The fourth-order valence-electron chi connectivity index (χ4n) is 3.16. The van der Waals surface area contributed by atoms with E-state index in [-0.39, 0.29) is 12.2 Å². The molecule has 3 aromatic carbocycles. The van der Waals surface area contributed by atoms with Crippen LogP contribution < -0.4 is 14.8 Å². The van der Waals surface area contributed by atoms with E-state index in [1.165, 1.54) is 6.08 Å². The Hall–Kier alpha value is -3.75. The van der Waals surface area contributed by atoms with Crippen molar-refractivity contribution in [2.24, 2.45) is 0 Å². The minimum Gasteiger partial charge on any atom is -0.490 e. The number of ether oxygens (including phenoxy) is 2. The molecule has 0 aliphatic rings. The first-order valence-electron chi connectivity index (χ1n) is 10.5. The van der Waals surface area contributed by atoms with Crippen molar-refractivity contribution in [1.29, 1.82) is 5.26 Å². The van der Waals surface area contributed by atoms with Crippen molar-refractivity contribution < 1.29 is 14.3 Å². The Morgan fingerprint density at radius 1 is 1.06 bits per heavy atom. The summed E-state index contributed by atoms with van der Waals surface area (Å²) < 4.78 is 11.6. The second-order valence-electron chi connectivity index (χ2n) is 7.39. The van der Waals surface area contributed by atoms with Gasteiger partial charge >= 0.3 is 0 Å². The highest BCUT2D eigenvalue weighted by Crippen LogP contribution is 2.31. The van der Waals surface area contributed by atoms with E-state index >= 15 is 0 Å². The van der Waals surface area contributed by atoms with Gasteiger partial charge in [0.25, 0.3) is 5.91 Å². The molecule has 0 aliphatic carbocycles. The van der Waals surface area contributed by atoms with Crippen molar-refractivity contribution in [2.45, 2.75) is 27.4 Å². The van der Waals surface area contributed by atoms with Crippen LogP contribution in [0.1, 0.15) is 29.2 Å². The first-order valence-corrected chi connectivity index (χ1v) is 10.9. The molecule has 33 heavy (non-hydrogen) atoms. The molecule has 0 saturated heterocycles. The van der Waals surface area contributed by atoms with Gasteiger partial charge < -0.3 is 14.8 Å². The summed E-state index contributed by atoms with van der Waals surface area (Å²) in [7, 11) is 0. The van der Waals surface area contributed by atoms with Gasteiger partial charge in [0, 0.05) is 16.3 Å². The maximum Gasteiger partial charge on any atom is 0.266 e. The number of hydrogen-bond acceptors (Lipinski definition) is 4. The molecular weight excluding hydrogens is 436 g/mol. The molecule has 0 aromatic heterocycles. The first-order chi connectivity index (χ1) is 15.9. The maximum absolute atomic E-state index is 12.7. The highest BCUT2D eigenvalue weighted by atomic mass is 35.5. The maximum atomic E-state index is 12.7. The molecule has 0 heterocycles. The standard InChI is InChI=1S/C27H25ClN2O3/c1-4-32-26-15-20(12-13-25(26)33-17-21-9-5-6-10-23(21)28)14-22(16-29)27(31)30-24-11-7-8-18(2)19(24)3/h5-15H,4,17H2,1-3H3,(H,30,31)/b22-14-. The van der Waals surface area contributed by atoms with Gasteiger partial charge in [0.2, 0.25) is 0 Å².